The molecule has 0 saturated carbocycles. The first-order valence-corrected chi connectivity index (χ1v) is 7.38. The Bertz CT molecular complexity index is 531. The van der Waals surface area contributed by atoms with Crippen LogP contribution in [0.1, 0.15) is 17.5 Å². The van der Waals surface area contributed by atoms with Crippen molar-refractivity contribution in [1.29, 1.82) is 0 Å². The van der Waals surface area contributed by atoms with Crippen molar-refractivity contribution < 1.29 is 4.74 Å². The predicted molar refractivity (Wildman–Crippen MR) is 86.3 cm³/mol. The molecule has 1 atom stereocenters. The van der Waals surface area contributed by atoms with E-state index in [-0.39, 0.29) is 0 Å². The highest BCUT2D eigenvalue weighted by atomic mass is 16.5. The molecule has 114 valence electrons. The van der Waals surface area contributed by atoms with Crippen LogP contribution in [0.5, 0.6) is 5.75 Å². The average Bonchev–Trinajstić information content (AvgIpc) is 2.94. The summed E-state index contributed by atoms with van der Waals surface area (Å²) in [6.07, 6.45) is 1.22. The molecule has 21 heavy (non-hydrogen) atoms. The molecule has 1 heterocycles. The molecule has 0 aromatic heterocycles. The SMILES string of the molecule is COc1ccc(C#CCN)c(CN2CCC(N(C)C)C2)c1. The average molecular weight is 287 g/mol. The van der Waals surface area contributed by atoms with Gasteiger partial charge in [0, 0.05) is 31.2 Å². The predicted octanol–water partition coefficient (Wildman–Crippen LogP) is 1.14. The lowest BCUT2D eigenvalue weighted by Gasteiger charge is -2.21. The summed E-state index contributed by atoms with van der Waals surface area (Å²) in [7, 11) is 6.00. The number of likely N-dealkylation sites (tertiary alicyclic amines) is 1. The molecule has 0 spiro atoms. The normalized spacial score (nSPS) is 18.6. The first-order valence-electron chi connectivity index (χ1n) is 7.38. The lowest BCUT2D eigenvalue weighted by atomic mass is 10.1. The quantitative estimate of drug-likeness (QED) is 0.843. The minimum absolute atomic E-state index is 0.387. The standard InChI is InChI=1S/C17H25N3O/c1-19(2)16-8-10-20(13-16)12-15-11-17(21-3)7-6-14(15)5-4-9-18/h6-7,11,16H,8-10,12-13,18H2,1-3H3. The molecule has 4 heteroatoms. The second kappa shape index (κ2) is 7.46. The molecule has 1 aromatic rings. The first-order chi connectivity index (χ1) is 10.1. The van der Waals surface area contributed by atoms with Gasteiger partial charge in [-0.1, -0.05) is 11.8 Å². The van der Waals surface area contributed by atoms with Gasteiger partial charge in [0.05, 0.1) is 13.7 Å². The summed E-state index contributed by atoms with van der Waals surface area (Å²) in [5.41, 5.74) is 7.75. The Kier molecular flexibility index (Phi) is 5.63. The minimum Gasteiger partial charge on any atom is -0.497 e. The topological polar surface area (TPSA) is 41.7 Å². The second-order valence-corrected chi connectivity index (χ2v) is 5.67. The largest absolute Gasteiger partial charge is 0.497 e. The molecule has 2 rings (SSSR count). The molecule has 1 aliphatic heterocycles. The van der Waals surface area contributed by atoms with E-state index >= 15 is 0 Å². The maximum Gasteiger partial charge on any atom is 0.119 e. The second-order valence-electron chi connectivity index (χ2n) is 5.67. The number of nitrogens with zero attached hydrogens (tertiary/aromatic N) is 2. The van der Waals surface area contributed by atoms with Crippen LogP contribution in [0.2, 0.25) is 0 Å². The van der Waals surface area contributed by atoms with Gasteiger partial charge in [-0.3, -0.25) is 4.90 Å². The molecule has 1 aromatic carbocycles. The lowest BCUT2D eigenvalue weighted by Crippen LogP contribution is -2.31. The van der Waals surface area contributed by atoms with Crippen LogP contribution in [0.3, 0.4) is 0 Å². The number of hydrogen-bond donors (Lipinski definition) is 1. The molecule has 2 N–H and O–H groups in total. The molecule has 4 nitrogen and oxygen atoms in total. The van der Waals surface area contributed by atoms with Crippen molar-refractivity contribution in [3.63, 3.8) is 0 Å². The van der Waals surface area contributed by atoms with E-state index in [0.29, 0.717) is 12.6 Å². The van der Waals surface area contributed by atoms with Gasteiger partial charge in [-0.2, -0.15) is 0 Å². The first kappa shape index (κ1) is 15.8. The van der Waals surface area contributed by atoms with Crippen molar-refractivity contribution >= 4 is 0 Å². The van der Waals surface area contributed by atoms with Crippen LogP contribution in [-0.2, 0) is 6.54 Å². The lowest BCUT2D eigenvalue weighted by molar-refractivity contribution is 0.264. The molecule has 1 fully saturated rings. The molecular weight excluding hydrogens is 262 g/mol. The molecule has 0 aliphatic carbocycles. The molecule has 1 saturated heterocycles. The van der Waals surface area contributed by atoms with Crippen LogP contribution in [0.25, 0.3) is 0 Å². The highest BCUT2D eigenvalue weighted by Crippen LogP contribution is 2.22. The van der Waals surface area contributed by atoms with E-state index in [1.54, 1.807) is 7.11 Å². The summed E-state index contributed by atoms with van der Waals surface area (Å²) in [6, 6.07) is 6.71. The van der Waals surface area contributed by atoms with Crippen LogP contribution >= 0.6 is 0 Å². The van der Waals surface area contributed by atoms with Crippen LogP contribution in [0, 0.1) is 11.8 Å². The third kappa shape index (κ3) is 4.21. The zero-order chi connectivity index (χ0) is 15.2. The molecule has 1 aliphatic rings. The van der Waals surface area contributed by atoms with Crippen LogP contribution in [0.4, 0.5) is 0 Å². The van der Waals surface area contributed by atoms with Crippen molar-refractivity contribution in [3.8, 4) is 17.6 Å². The third-order valence-corrected chi connectivity index (χ3v) is 4.01. The van der Waals surface area contributed by atoms with Crippen molar-refractivity contribution in [2.75, 3.05) is 40.8 Å². The Morgan fingerprint density at radius 3 is 2.86 bits per heavy atom. The van der Waals surface area contributed by atoms with E-state index in [1.165, 1.54) is 12.0 Å². The van der Waals surface area contributed by atoms with E-state index in [1.807, 2.05) is 12.1 Å². The van der Waals surface area contributed by atoms with Gasteiger partial charge in [-0.05, 0) is 44.3 Å². The van der Waals surface area contributed by atoms with Gasteiger partial charge in [0.15, 0.2) is 0 Å². The molecule has 1 unspecified atom stereocenters. The number of hydrogen-bond acceptors (Lipinski definition) is 4. The molecule has 0 bridgehead atoms. The van der Waals surface area contributed by atoms with Gasteiger partial charge in [0.25, 0.3) is 0 Å². The third-order valence-electron chi connectivity index (χ3n) is 4.01. The molecule has 0 radical (unpaired) electrons. The highest BCUT2D eigenvalue weighted by molar-refractivity contribution is 5.45. The van der Waals surface area contributed by atoms with Crippen molar-refractivity contribution in [3.05, 3.63) is 29.3 Å². The molecule has 0 amide bonds. The highest BCUT2D eigenvalue weighted by Gasteiger charge is 2.24. The summed E-state index contributed by atoms with van der Waals surface area (Å²) in [6.45, 7) is 3.53. The fourth-order valence-corrected chi connectivity index (χ4v) is 2.71. The maximum absolute atomic E-state index is 5.48. The molecular formula is C17H25N3O. The van der Waals surface area contributed by atoms with Crippen molar-refractivity contribution in [2.24, 2.45) is 5.73 Å². The van der Waals surface area contributed by atoms with Gasteiger partial charge < -0.3 is 15.4 Å². The fraction of sp³-hybridized carbons (Fsp3) is 0.529. The Hall–Kier alpha value is -1.54. The van der Waals surface area contributed by atoms with Gasteiger partial charge >= 0.3 is 0 Å². The Labute approximate surface area is 127 Å². The summed E-state index contributed by atoms with van der Waals surface area (Å²) >= 11 is 0. The number of benzene rings is 1. The van der Waals surface area contributed by atoms with E-state index < -0.39 is 0 Å². The van der Waals surface area contributed by atoms with Crippen molar-refractivity contribution in [1.82, 2.24) is 9.80 Å². The summed E-state index contributed by atoms with van der Waals surface area (Å²) < 4.78 is 5.34. The van der Waals surface area contributed by atoms with Gasteiger partial charge in [0.1, 0.15) is 5.75 Å². The summed E-state index contributed by atoms with van der Waals surface area (Å²) in [5, 5.41) is 0. The van der Waals surface area contributed by atoms with Crippen LogP contribution < -0.4 is 10.5 Å². The number of likely N-dealkylation sites (N-methyl/N-ethyl adjacent to an activating group) is 1. The monoisotopic (exact) mass is 287 g/mol. The summed E-state index contributed by atoms with van der Waals surface area (Å²) in [5.74, 6) is 6.99. The van der Waals surface area contributed by atoms with Gasteiger partial charge in [-0.15, -0.1) is 0 Å². The maximum atomic E-state index is 5.48. The number of methoxy groups -OCH3 is 1. The number of rotatable bonds is 4. The Morgan fingerprint density at radius 1 is 1.43 bits per heavy atom. The van der Waals surface area contributed by atoms with Crippen LogP contribution in [0.15, 0.2) is 18.2 Å². The van der Waals surface area contributed by atoms with E-state index in [9.17, 15) is 0 Å². The van der Waals surface area contributed by atoms with Gasteiger partial charge in [-0.25, -0.2) is 0 Å². The van der Waals surface area contributed by atoms with Gasteiger partial charge in [0.2, 0.25) is 0 Å². The zero-order valence-electron chi connectivity index (χ0n) is 13.2. The summed E-state index contributed by atoms with van der Waals surface area (Å²) in [4.78, 5) is 4.79. The van der Waals surface area contributed by atoms with E-state index in [4.69, 9.17) is 10.5 Å². The van der Waals surface area contributed by atoms with Crippen LogP contribution in [-0.4, -0.2) is 56.7 Å². The Morgan fingerprint density at radius 2 is 2.24 bits per heavy atom. The zero-order valence-corrected chi connectivity index (χ0v) is 13.2. The Balaban J connectivity index is 2.14. The van der Waals surface area contributed by atoms with E-state index in [0.717, 1.165) is 30.9 Å². The fourth-order valence-electron chi connectivity index (χ4n) is 2.71. The number of nitrogens with two attached hydrogens (primary N) is 1. The minimum atomic E-state index is 0.387. The van der Waals surface area contributed by atoms with Crippen molar-refractivity contribution in [2.45, 2.75) is 19.0 Å². The van der Waals surface area contributed by atoms with E-state index in [2.05, 4.69) is 41.8 Å². The smallest absolute Gasteiger partial charge is 0.119 e. The number of ether oxygens (including phenoxy) is 1.